The second-order valence-corrected chi connectivity index (χ2v) is 10.5. The maximum absolute atomic E-state index is 12.4. The summed E-state index contributed by atoms with van der Waals surface area (Å²) in [5.41, 5.74) is 3.39. The van der Waals surface area contributed by atoms with E-state index in [1.54, 1.807) is 17.1 Å². The summed E-state index contributed by atoms with van der Waals surface area (Å²) in [7, 11) is 0. The van der Waals surface area contributed by atoms with Gasteiger partial charge in [0.25, 0.3) is 5.91 Å². The molecular weight excluding hydrogens is 430 g/mol. The first-order valence-electron chi connectivity index (χ1n) is 11.2. The number of pyridine rings is 1. The number of amides is 2. The van der Waals surface area contributed by atoms with E-state index in [0.29, 0.717) is 17.9 Å². The fraction of sp³-hybridized carbons (Fsp3) is 0.400. The van der Waals surface area contributed by atoms with Gasteiger partial charge in [-0.15, -0.1) is 5.10 Å². The zero-order valence-electron chi connectivity index (χ0n) is 20.9. The molecule has 0 atom stereocenters. The van der Waals surface area contributed by atoms with E-state index in [2.05, 4.69) is 31.2 Å². The van der Waals surface area contributed by atoms with E-state index in [9.17, 15) is 9.59 Å². The van der Waals surface area contributed by atoms with E-state index in [0.717, 1.165) is 17.1 Å². The van der Waals surface area contributed by atoms with Gasteiger partial charge >= 0.3 is 0 Å². The maximum atomic E-state index is 12.4. The molecular formula is C25H33N7O2. The fourth-order valence-electron chi connectivity index (χ4n) is 2.90. The molecule has 0 saturated carbocycles. The Balaban J connectivity index is 1.77. The van der Waals surface area contributed by atoms with Gasteiger partial charge < -0.3 is 16.0 Å². The average Bonchev–Trinajstić information content (AvgIpc) is 3.22. The van der Waals surface area contributed by atoms with Gasteiger partial charge in [0.15, 0.2) is 5.69 Å². The number of carbonyl (C=O) groups excluding carboxylic acids is 2. The summed E-state index contributed by atoms with van der Waals surface area (Å²) in [6, 6.07) is 9.35. The lowest BCUT2D eigenvalue weighted by molar-refractivity contribution is -0.123. The van der Waals surface area contributed by atoms with Gasteiger partial charge in [0.1, 0.15) is 0 Å². The van der Waals surface area contributed by atoms with Crippen LogP contribution in [0.4, 0.5) is 17.1 Å². The molecule has 0 unspecified atom stereocenters. The lowest BCUT2D eigenvalue weighted by Crippen LogP contribution is -2.32. The van der Waals surface area contributed by atoms with Gasteiger partial charge in [0, 0.05) is 23.3 Å². The molecule has 0 aliphatic heterocycles. The normalized spacial score (nSPS) is 11.7. The number of nitrogens with zero attached hydrogens (tertiary/aromatic N) is 4. The smallest absolute Gasteiger partial charge is 0.273 e. The number of aryl methyl sites for hydroxylation is 1. The Labute approximate surface area is 200 Å². The Kier molecular flexibility index (Phi) is 7.04. The predicted octanol–water partition coefficient (Wildman–Crippen LogP) is 4.47. The van der Waals surface area contributed by atoms with Crippen LogP contribution in [0.2, 0.25) is 0 Å². The van der Waals surface area contributed by atoms with Crippen molar-refractivity contribution < 1.29 is 9.59 Å². The molecule has 0 spiro atoms. The van der Waals surface area contributed by atoms with Gasteiger partial charge in [-0.05, 0) is 36.6 Å². The van der Waals surface area contributed by atoms with Crippen molar-refractivity contribution in [3.63, 3.8) is 0 Å². The summed E-state index contributed by atoms with van der Waals surface area (Å²) < 4.78 is 1.54. The molecule has 9 nitrogen and oxygen atoms in total. The molecule has 0 aliphatic rings. The topological polar surface area (TPSA) is 114 Å². The summed E-state index contributed by atoms with van der Waals surface area (Å²) in [5.74, 6) is -0.326. The first-order valence-corrected chi connectivity index (χ1v) is 11.2. The summed E-state index contributed by atoms with van der Waals surface area (Å²) in [5, 5.41) is 17.3. The molecule has 2 heterocycles. The van der Waals surface area contributed by atoms with E-state index in [-0.39, 0.29) is 22.9 Å². The number of hydrogen-bond donors (Lipinski definition) is 3. The number of hydrogen-bond acceptors (Lipinski definition) is 6. The quantitative estimate of drug-likeness (QED) is 0.497. The molecule has 0 radical (unpaired) electrons. The van der Waals surface area contributed by atoms with Gasteiger partial charge in [-0.25, -0.2) is 4.68 Å². The van der Waals surface area contributed by atoms with Crippen LogP contribution in [0.25, 0.3) is 5.69 Å². The van der Waals surface area contributed by atoms with E-state index < -0.39 is 5.41 Å². The van der Waals surface area contributed by atoms with E-state index in [1.807, 2.05) is 78.8 Å². The third-order valence-electron chi connectivity index (χ3n) is 4.90. The number of rotatable bonds is 6. The molecule has 1 aromatic carbocycles. The Hall–Kier alpha value is -3.75. The first kappa shape index (κ1) is 24.9. The van der Waals surface area contributed by atoms with Crippen LogP contribution in [0.3, 0.4) is 0 Å². The Morgan fingerprint density at radius 2 is 1.71 bits per heavy atom. The summed E-state index contributed by atoms with van der Waals surface area (Å²) in [6.45, 7) is 14.1. The highest BCUT2D eigenvalue weighted by molar-refractivity contribution is 5.95. The predicted molar refractivity (Wildman–Crippen MR) is 133 cm³/mol. The van der Waals surface area contributed by atoms with Crippen molar-refractivity contribution in [2.24, 2.45) is 10.8 Å². The van der Waals surface area contributed by atoms with Crippen LogP contribution < -0.4 is 16.0 Å². The minimum absolute atomic E-state index is 0.0288. The van der Waals surface area contributed by atoms with Gasteiger partial charge in [-0.3, -0.25) is 14.6 Å². The second kappa shape index (κ2) is 9.62. The number of nitrogens with one attached hydrogen (secondary N) is 3. The van der Waals surface area contributed by atoms with Crippen LogP contribution in [0, 0.1) is 17.8 Å². The average molecular weight is 464 g/mol. The van der Waals surface area contributed by atoms with Gasteiger partial charge in [-0.1, -0.05) is 52.8 Å². The maximum Gasteiger partial charge on any atom is 0.273 e. The highest BCUT2D eigenvalue weighted by Gasteiger charge is 2.21. The van der Waals surface area contributed by atoms with Crippen LogP contribution in [0.15, 0.2) is 42.7 Å². The van der Waals surface area contributed by atoms with Crippen molar-refractivity contribution in [2.45, 2.75) is 48.5 Å². The number of anilines is 3. The zero-order valence-corrected chi connectivity index (χ0v) is 20.9. The van der Waals surface area contributed by atoms with Crippen LogP contribution in [0.5, 0.6) is 0 Å². The third kappa shape index (κ3) is 6.63. The second-order valence-electron chi connectivity index (χ2n) is 10.5. The van der Waals surface area contributed by atoms with Crippen molar-refractivity contribution in [1.29, 1.82) is 0 Å². The molecule has 0 aliphatic carbocycles. The zero-order chi connectivity index (χ0) is 25.1. The molecule has 2 aromatic heterocycles. The summed E-state index contributed by atoms with van der Waals surface area (Å²) in [4.78, 5) is 29.2. The van der Waals surface area contributed by atoms with E-state index in [1.165, 1.54) is 0 Å². The van der Waals surface area contributed by atoms with Crippen molar-refractivity contribution in [3.05, 3.63) is 54.1 Å². The third-order valence-corrected chi connectivity index (χ3v) is 4.90. The van der Waals surface area contributed by atoms with Crippen molar-refractivity contribution >= 4 is 28.9 Å². The standard InChI is InChI=1S/C25H33N7O2/c1-16-21(32-14-20(30-31-32)22(33)27-15-24(2,3)4)12-19(13-26-16)28-17-9-8-10-18(11-17)29-23(34)25(5,6)7/h8-14,28H,15H2,1-7H3,(H,27,33)(H,29,34). The summed E-state index contributed by atoms with van der Waals surface area (Å²) >= 11 is 0. The molecule has 34 heavy (non-hydrogen) atoms. The molecule has 2 amide bonds. The summed E-state index contributed by atoms with van der Waals surface area (Å²) in [6.07, 6.45) is 3.31. The van der Waals surface area contributed by atoms with Gasteiger partial charge in [0.2, 0.25) is 5.91 Å². The lowest BCUT2D eigenvalue weighted by Gasteiger charge is -2.18. The van der Waals surface area contributed by atoms with Crippen molar-refractivity contribution in [2.75, 3.05) is 17.2 Å². The number of benzene rings is 1. The highest BCUT2D eigenvalue weighted by atomic mass is 16.2. The number of aromatic nitrogens is 4. The van der Waals surface area contributed by atoms with Crippen molar-refractivity contribution in [1.82, 2.24) is 25.3 Å². The fourth-order valence-corrected chi connectivity index (χ4v) is 2.90. The van der Waals surface area contributed by atoms with Crippen LogP contribution in [-0.4, -0.2) is 38.3 Å². The van der Waals surface area contributed by atoms with Crippen LogP contribution in [-0.2, 0) is 4.79 Å². The Morgan fingerprint density at radius 1 is 1.00 bits per heavy atom. The molecule has 3 aromatic rings. The van der Waals surface area contributed by atoms with E-state index >= 15 is 0 Å². The SMILES string of the molecule is Cc1ncc(Nc2cccc(NC(=O)C(C)(C)C)c2)cc1-n1cc(C(=O)NCC(C)(C)C)nn1. The lowest BCUT2D eigenvalue weighted by atomic mass is 9.95. The van der Waals surface area contributed by atoms with Crippen LogP contribution in [0.1, 0.15) is 57.7 Å². The highest BCUT2D eigenvalue weighted by Crippen LogP contribution is 2.24. The first-order chi connectivity index (χ1) is 15.8. The van der Waals surface area contributed by atoms with Crippen LogP contribution >= 0.6 is 0 Å². The van der Waals surface area contributed by atoms with Gasteiger partial charge in [-0.2, -0.15) is 0 Å². The van der Waals surface area contributed by atoms with Crippen molar-refractivity contribution in [3.8, 4) is 5.69 Å². The molecule has 180 valence electrons. The number of carbonyl (C=O) groups is 2. The molecule has 3 rings (SSSR count). The monoisotopic (exact) mass is 463 g/mol. The molecule has 0 bridgehead atoms. The molecule has 0 saturated heterocycles. The van der Waals surface area contributed by atoms with Gasteiger partial charge in [0.05, 0.1) is 29.5 Å². The molecule has 0 fully saturated rings. The minimum Gasteiger partial charge on any atom is -0.354 e. The minimum atomic E-state index is -0.487. The Morgan fingerprint density at radius 3 is 2.38 bits per heavy atom. The molecule has 9 heteroatoms. The Bertz CT molecular complexity index is 1190. The molecule has 3 N–H and O–H groups in total. The van der Waals surface area contributed by atoms with E-state index in [4.69, 9.17) is 0 Å². The largest absolute Gasteiger partial charge is 0.354 e.